The second-order valence-corrected chi connectivity index (χ2v) is 9.22. The van der Waals surface area contributed by atoms with Gasteiger partial charge in [0.15, 0.2) is 9.84 Å². The summed E-state index contributed by atoms with van der Waals surface area (Å²) in [5, 5.41) is 10.8. The fourth-order valence-electron chi connectivity index (χ4n) is 4.19. The van der Waals surface area contributed by atoms with Crippen molar-refractivity contribution in [1.29, 1.82) is 0 Å². The van der Waals surface area contributed by atoms with Crippen molar-refractivity contribution in [1.82, 2.24) is 0 Å². The number of hydrogen-bond acceptors (Lipinski definition) is 3. The van der Waals surface area contributed by atoms with Crippen LogP contribution in [0.1, 0.15) is 43.2 Å². The summed E-state index contributed by atoms with van der Waals surface area (Å²) in [7, 11) is -3.54. The Kier molecular flexibility index (Phi) is 4.06. The maximum atomic E-state index is 13.9. The van der Waals surface area contributed by atoms with E-state index in [-0.39, 0.29) is 23.0 Å². The molecule has 3 fully saturated rings. The monoisotopic (exact) mass is 326 g/mol. The van der Waals surface area contributed by atoms with E-state index in [0.29, 0.717) is 12.3 Å². The standard InChI is InChI=1S/C17H23FO3S/c1-12-2-5-14(16(18)8-12)10-22(20,21)11-17(19)9-13-3-6-15(17)7-4-13/h2,5,8,13,15,19H,3-4,6-7,9-11H2,1H3. The molecule has 3 nitrogen and oxygen atoms in total. The highest BCUT2D eigenvalue weighted by Gasteiger charge is 2.48. The summed E-state index contributed by atoms with van der Waals surface area (Å²) in [6.07, 6.45) is 4.59. The van der Waals surface area contributed by atoms with E-state index >= 15 is 0 Å². The Hall–Kier alpha value is -0.940. The van der Waals surface area contributed by atoms with Crippen LogP contribution in [0.3, 0.4) is 0 Å². The van der Waals surface area contributed by atoms with Gasteiger partial charge in [-0.25, -0.2) is 12.8 Å². The maximum Gasteiger partial charge on any atom is 0.157 e. The quantitative estimate of drug-likeness (QED) is 0.925. The van der Waals surface area contributed by atoms with Crippen LogP contribution in [0, 0.1) is 24.6 Å². The van der Waals surface area contributed by atoms with E-state index in [1.807, 2.05) is 0 Å². The number of aliphatic hydroxyl groups is 1. The molecule has 2 bridgehead atoms. The summed E-state index contributed by atoms with van der Waals surface area (Å²) in [6, 6.07) is 4.59. The third kappa shape index (κ3) is 3.20. The van der Waals surface area contributed by atoms with Gasteiger partial charge in [-0.2, -0.15) is 0 Å². The van der Waals surface area contributed by atoms with Gasteiger partial charge in [-0.3, -0.25) is 0 Å². The molecule has 22 heavy (non-hydrogen) atoms. The maximum absolute atomic E-state index is 13.9. The van der Waals surface area contributed by atoms with Gasteiger partial charge in [0, 0.05) is 5.56 Å². The molecule has 1 aromatic rings. The summed E-state index contributed by atoms with van der Waals surface area (Å²) < 4.78 is 38.8. The van der Waals surface area contributed by atoms with Crippen LogP contribution in [-0.4, -0.2) is 24.9 Å². The zero-order valence-corrected chi connectivity index (χ0v) is 13.7. The Morgan fingerprint density at radius 1 is 1.27 bits per heavy atom. The molecule has 0 radical (unpaired) electrons. The molecular formula is C17H23FO3S. The molecule has 0 aromatic heterocycles. The fourth-order valence-corrected chi connectivity index (χ4v) is 6.11. The van der Waals surface area contributed by atoms with Gasteiger partial charge < -0.3 is 5.11 Å². The van der Waals surface area contributed by atoms with Crippen LogP contribution in [0.25, 0.3) is 0 Å². The predicted molar refractivity (Wildman–Crippen MR) is 83.6 cm³/mol. The highest BCUT2D eigenvalue weighted by Crippen LogP contribution is 2.48. The summed E-state index contributed by atoms with van der Waals surface area (Å²) in [5.41, 5.74) is -0.154. The molecule has 4 rings (SSSR count). The molecule has 0 spiro atoms. The minimum absolute atomic E-state index is 0.0788. The second kappa shape index (κ2) is 5.60. The lowest BCUT2D eigenvalue weighted by atomic mass is 9.63. The molecule has 3 saturated carbocycles. The SMILES string of the molecule is Cc1ccc(CS(=O)(=O)CC2(O)CC3CCC2CC3)c(F)c1. The van der Waals surface area contributed by atoms with Gasteiger partial charge in [0.1, 0.15) is 5.82 Å². The van der Waals surface area contributed by atoms with Crippen molar-refractivity contribution in [3.05, 3.63) is 35.1 Å². The number of aryl methyl sites for hydroxylation is 1. The average molecular weight is 326 g/mol. The van der Waals surface area contributed by atoms with E-state index in [4.69, 9.17) is 0 Å². The number of hydrogen-bond donors (Lipinski definition) is 1. The first-order valence-corrected chi connectivity index (χ1v) is 9.77. The molecule has 1 atom stereocenters. The molecule has 122 valence electrons. The molecule has 0 amide bonds. The summed E-state index contributed by atoms with van der Waals surface area (Å²) in [4.78, 5) is 0. The Labute approximate surface area is 131 Å². The first-order chi connectivity index (χ1) is 10.3. The number of rotatable bonds is 4. The van der Waals surface area contributed by atoms with Crippen LogP contribution in [0.4, 0.5) is 4.39 Å². The summed E-state index contributed by atoms with van der Waals surface area (Å²) in [6.45, 7) is 1.77. The molecule has 5 heteroatoms. The number of benzene rings is 1. The highest BCUT2D eigenvalue weighted by atomic mass is 32.2. The summed E-state index contributed by atoms with van der Waals surface area (Å²) >= 11 is 0. The highest BCUT2D eigenvalue weighted by molar-refractivity contribution is 7.90. The fraction of sp³-hybridized carbons (Fsp3) is 0.647. The van der Waals surface area contributed by atoms with Crippen LogP contribution < -0.4 is 0 Å². The van der Waals surface area contributed by atoms with Gasteiger partial charge in [-0.05, 0) is 62.5 Å². The van der Waals surface area contributed by atoms with Gasteiger partial charge in [-0.1, -0.05) is 12.1 Å². The zero-order valence-electron chi connectivity index (χ0n) is 12.9. The minimum atomic E-state index is -3.54. The Balaban J connectivity index is 1.76. The first-order valence-electron chi connectivity index (χ1n) is 7.95. The molecule has 0 saturated heterocycles. The molecule has 3 aliphatic rings. The van der Waals surface area contributed by atoms with Crippen molar-refractivity contribution >= 4 is 9.84 Å². The average Bonchev–Trinajstić information content (AvgIpc) is 2.41. The molecule has 0 heterocycles. The van der Waals surface area contributed by atoms with Crippen molar-refractivity contribution in [2.45, 2.75) is 50.4 Å². The minimum Gasteiger partial charge on any atom is -0.389 e. The molecule has 1 unspecified atom stereocenters. The van der Waals surface area contributed by atoms with Crippen LogP contribution in [0.2, 0.25) is 0 Å². The predicted octanol–water partition coefficient (Wildman–Crippen LogP) is 2.99. The molecule has 1 aromatic carbocycles. The van der Waals surface area contributed by atoms with Gasteiger partial charge in [-0.15, -0.1) is 0 Å². The van der Waals surface area contributed by atoms with Crippen molar-refractivity contribution in [3.8, 4) is 0 Å². The normalized spacial score (nSPS) is 31.4. The number of halogens is 1. The Morgan fingerprint density at radius 2 is 1.95 bits per heavy atom. The Bertz CT molecular complexity index is 662. The number of sulfone groups is 1. The number of fused-ring (bicyclic) bond motifs is 3. The molecule has 0 aliphatic heterocycles. The van der Waals surface area contributed by atoms with Crippen LogP contribution in [-0.2, 0) is 15.6 Å². The van der Waals surface area contributed by atoms with E-state index in [0.717, 1.165) is 31.2 Å². The van der Waals surface area contributed by atoms with Gasteiger partial charge in [0.2, 0.25) is 0 Å². The molecule has 1 N–H and O–H groups in total. The lowest BCUT2D eigenvalue weighted by Gasteiger charge is -2.48. The molecular weight excluding hydrogens is 303 g/mol. The van der Waals surface area contributed by atoms with Crippen molar-refractivity contribution in [2.75, 3.05) is 5.75 Å². The van der Waals surface area contributed by atoms with Crippen molar-refractivity contribution < 1.29 is 17.9 Å². The van der Waals surface area contributed by atoms with Crippen LogP contribution in [0.15, 0.2) is 18.2 Å². The van der Waals surface area contributed by atoms with Gasteiger partial charge in [0.05, 0.1) is 17.1 Å². The van der Waals surface area contributed by atoms with Crippen molar-refractivity contribution in [2.24, 2.45) is 11.8 Å². The van der Waals surface area contributed by atoms with E-state index in [1.165, 1.54) is 12.1 Å². The van der Waals surface area contributed by atoms with Gasteiger partial charge >= 0.3 is 0 Å². The molecule has 3 aliphatic carbocycles. The lowest BCUT2D eigenvalue weighted by molar-refractivity contribution is -0.0801. The van der Waals surface area contributed by atoms with E-state index < -0.39 is 21.3 Å². The third-order valence-corrected chi connectivity index (χ3v) is 6.99. The topological polar surface area (TPSA) is 54.4 Å². The van der Waals surface area contributed by atoms with E-state index in [9.17, 15) is 17.9 Å². The second-order valence-electron chi connectivity index (χ2n) is 7.15. The zero-order chi connectivity index (χ0) is 16.0. The van der Waals surface area contributed by atoms with Gasteiger partial charge in [0.25, 0.3) is 0 Å². The Morgan fingerprint density at radius 3 is 2.50 bits per heavy atom. The smallest absolute Gasteiger partial charge is 0.157 e. The van der Waals surface area contributed by atoms with Crippen LogP contribution >= 0.6 is 0 Å². The van der Waals surface area contributed by atoms with Crippen molar-refractivity contribution in [3.63, 3.8) is 0 Å². The van der Waals surface area contributed by atoms with Crippen LogP contribution in [0.5, 0.6) is 0 Å². The van der Waals surface area contributed by atoms with E-state index in [2.05, 4.69) is 0 Å². The first kappa shape index (κ1) is 15.9. The largest absolute Gasteiger partial charge is 0.389 e. The third-order valence-electron chi connectivity index (χ3n) is 5.30. The summed E-state index contributed by atoms with van der Waals surface area (Å²) in [5.74, 6) is -0.537. The van der Waals surface area contributed by atoms with E-state index in [1.54, 1.807) is 13.0 Å². The lowest BCUT2D eigenvalue weighted by Crippen LogP contribution is -2.51.